The number of rotatable bonds is 4. The molecule has 6 heteroatoms. The monoisotopic (exact) mass is 381 g/mol. The van der Waals surface area contributed by atoms with Gasteiger partial charge in [0.1, 0.15) is 0 Å². The molecular formula is C22H27N3O3. The number of benzene rings is 1. The van der Waals surface area contributed by atoms with Gasteiger partial charge < -0.3 is 10.1 Å². The molecule has 1 amide bonds. The molecular weight excluding hydrogens is 354 g/mol. The average molecular weight is 381 g/mol. The van der Waals surface area contributed by atoms with Gasteiger partial charge in [-0.3, -0.25) is 19.5 Å². The SMILES string of the molecule is COC(=O)[C@@]12CN(Cc3ccc4cc(NC(C)=O)ccc4n3)C[C@@H]1C(C)(C)C2. The summed E-state index contributed by atoms with van der Waals surface area (Å²) in [6, 6.07) is 9.78. The lowest BCUT2D eigenvalue weighted by molar-refractivity contribution is -0.174. The molecule has 2 heterocycles. The third-order valence-corrected chi connectivity index (χ3v) is 6.37. The molecule has 1 saturated carbocycles. The highest BCUT2D eigenvalue weighted by Gasteiger charge is 2.67. The minimum absolute atomic E-state index is 0.0729. The fraction of sp³-hybridized carbons (Fsp3) is 0.500. The number of methoxy groups -OCH3 is 1. The Morgan fingerprint density at radius 2 is 2.07 bits per heavy atom. The van der Waals surface area contributed by atoms with Crippen molar-refractivity contribution in [1.82, 2.24) is 9.88 Å². The number of nitrogens with zero attached hydrogens (tertiary/aromatic N) is 2. The summed E-state index contributed by atoms with van der Waals surface area (Å²) in [5, 5.41) is 3.79. The zero-order valence-corrected chi connectivity index (χ0v) is 16.9. The van der Waals surface area contributed by atoms with Crippen molar-refractivity contribution in [2.45, 2.75) is 33.7 Å². The van der Waals surface area contributed by atoms with Crippen LogP contribution < -0.4 is 5.32 Å². The first kappa shape index (κ1) is 18.9. The number of amides is 1. The summed E-state index contributed by atoms with van der Waals surface area (Å²) >= 11 is 0. The van der Waals surface area contributed by atoms with Crippen LogP contribution in [0.3, 0.4) is 0 Å². The summed E-state index contributed by atoms with van der Waals surface area (Å²) in [6.07, 6.45) is 0.880. The third kappa shape index (κ3) is 3.05. The van der Waals surface area contributed by atoms with Crippen molar-refractivity contribution in [2.75, 3.05) is 25.5 Å². The number of anilines is 1. The number of aromatic nitrogens is 1. The first-order chi connectivity index (χ1) is 13.2. The number of carbonyl (C=O) groups is 2. The van der Waals surface area contributed by atoms with Crippen LogP contribution in [-0.2, 0) is 20.9 Å². The second-order valence-electron chi connectivity index (χ2n) is 8.93. The number of hydrogen-bond donors (Lipinski definition) is 1. The zero-order valence-electron chi connectivity index (χ0n) is 16.9. The van der Waals surface area contributed by atoms with Gasteiger partial charge >= 0.3 is 5.97 Å². The van der Waals surface area contributed by atoms with Crippen LogP contribution in [0, 0.1) is 16.7 Å². The van der Waals surface area contributed by atoms with Crippen LogP contribution in [0.5, 0.6) is 0 Å². The van der Waals surface area contributed by atoms with Gasteiger partial charge in [0.05, 0.1) is 23.7 Å². The van der Waals surface area contributed by atoms with Crippen molar-refractivity contribution < 1.29 is 14.3 Å². The van der Waals surface area contributed by atoms with Crippen LogP contribution in [-0.4, -0.2) is 42.0 Å². The molecule has 1 saturated heterocycles. The molecule has 1 N–H and O–H groups in total. The van der Waals surface area contributed by atoms with Crippen LogP contribution in [0.2, 0.25) is 0 Å². The molecule has 28 heavy (non-hydrogen) atoms. The fourth-order valence-corrected chi connectivity index (χ4v) is 5.35. The van der Waals surface area contributed by atoms with Gasteiger partial charge in [0.2, 0.25) is 5.91 Å². The van der Waals surface area contributed by atoms with E-state index >= 15 is 0 Å². The van der Waals surface area contributed by atoms with Crippen molar-refractivity contribution in [3.05, 3.63) is 36.0 Å². The van der Waals surface area contributed by atoms with Gasteiger partial charge in [-0.2, -0.15) is 0 Å². The van der Waals surface area contributed by atoms with Crippen molar-refractivity contribution in [3.8, 4) is 0 Å². The normalized spacial score (nSPS) is 25.8. The van der Waals surface area contributed by atoms with E-state index in [1.807, 2.05) is 30.3 Å². The van der Waals surface area contributed by atoms with Gasteiger partial charge in [-0.1, -0.05) is 19.9 Å². The van der Waals surface area contributed by atoms with Crippen molar-refractivity contribution in [2.24, 2.45) is 16.7 Å². The molecule has 0 unspecified atom stereocenters. The van der Waals surface area contributed by atoms with E-state index in [-0.39, 0.29) is 22.7 Å². The Hall–Kier alpha value is -2.47. The zero-order chi connectivity index (χ0) is 20.1. The van der Waals surface area contributed by atoms with E-state index in [2.05, 4.69) is 24.1 Å². The molecule has 4 rings (SSSR count). The summed E-state index contributed by atoms with van der Waals surface area (Å²) in [7, 11) is 1.49. The Morgan fingerprint density at radius 3 is 2.75 bits per heavy atom. The maximum Gasteiger partial charge on any atom is 0.313 e. The van der Waals surface area contributed by atoms with Crippen LogP contribution in [0.1, 0.15) is 32.9 Å². The number of nitrogens with one attached hydrogen (secondary N) is 1. The maximum atomic E-state index is 12.5. The minimum Gasteiger partial charge on any atom is -0.469 e. The topological polar surface area (TPSA) is 71.5 Å². The number of pyridine rings is 1. The molecule has 6 nitrogen and oxygen atoms in total. The van der Waals surface area contributed by atoms with Crippen LogP contribution >= 0.6 is 0 Å². The molecule has 1 aromatic heterocycles. The van der Waals surface area contributed by atoms with E-state index < -0.39 is 0 Å². The van der Waals surface area contributed by atoms with Gasteiger partial charge in [-0.05, 0) is 42.0 Å². The molecule has 1 aliphatic heterocycles. The number of ether oxygens (including phenoxy) is 1. The van der Waals surface area contributed by atoms with E-state index in [1.165, 1.54) is 14.0 Å². The van der Waals surface area contributed by atoms with Gasteiger partial charge in [0.25, 0.3) is 0 Å². The van der Waals surface area contributed by atoms with E-state index in [4.69, 9.17) is 9.72 Å². The Morgan fingerprint density at radius 1 is 1.29 bits per heavy atom. The number of fused-ring (bicyclic) bond motifs is 2. The van der Waals surface area contributed by atoms with E-state index in [1.54, 1.807) is 0 Å². The number of hydrogen-bond acceptors (Lipinski definition) is 5. The molecule has 0 radical (unpaired) electrons. The molecule has 148 valence electrons. The second kappa shape index (κ2) is 6.55. The summed E-state index contributed by atoms with van der Waals surface area (Å²) in [5.41, 5.74) is 2.46. The predicted molar refractivity (Wildman–Crippen MR) is 108 cm³/mol. The minimum atomic E-state index is -0.359. The smallest absolute Gasteiger partial charge is 0.313 e. The van der Waals surface area contributed by atoms with E-state index in [0.717, 1.165) is 41.8 Å². The largest absolute Gasteiger partial charge is 0.469 e. The third-order valence-electron chi connectivity index (χ3n) is 6.37. The molecule has 0 bridgehead atoms. The Kier molecular flexibility index (Phi) is 4.42. The quantitative estimate of drug-likeness (QED) is 0.824. The summed E-state index contributed by atoms with van der Waals surface area (Å²) in [4.78, 5) is 30.8. The second-order valence-corrected chi connectivity index (χ2v) is 8.93. The molecule has 2 aliphatic rings. The fourth-order valence-electron chi connectivity index (χ4n) is 5.35. The van der Waals surface area contributed by atoms with E-state index in [0.29, 0.717) is 12.5 Å². The molecule has 2 aromatic rings. The lowest BCUT2D eigenvalue weighted by atomic mass is 9.48. The number of carbonyl (C=O) groups excluding carboxylic acids is 2. The predicted octanol–water partition coefficient (Wildman–Crippen LogP) is 3.21. The molecule has 2 atom stereocenters. The van der Waals surface area contributed by atoms with Gasteiger partial charge in [0, 0.05) is 37.6 Å². The van der Waals surface area contributed by atoms with Gasteiger partial charge in [-0.25, -0.2) is 0 Å². The van der Waals surface area contributed by atoms with E-state index in [9.17, 15) is 9.59 Å². The van der Waals surface area contributed by atoms with Crippen LogP contribution in [0.4, 0.5) is 5.69 Å². The molecule has 1 aliphatic carbocycles. The number of likely N-dealkylation sites (tertiary alicyclic amines) is 1. The lowest BCUT2D eigenvalue weighted by Crippen LogP contribution is -2.57. The standard InChI is InChI=1S/C22H27N3O3/c1-14(26)23-16-7-8-18-15(9-16)5-6-17(24-18)10-25-11-19-21(2,3)12-22(19,13-25)20(27)28-4/h5-9,19H,10-13H2,1-4H3,(H,23,26)/t19-,22+/m1/s1. The molecule has 2 fully saturated rings. The lowest BCUT2D eigenvalue weighted by Gasteiger charge is -2.54. The average Bonchev–Trinajstić information content (AvgIpc) is 2.95. The number of esters is 1. The summed E-state index contributed by atoms with van der Waals surface area (Å²) in [5.74, 6) is 0.166. The summed E-state index contributed by atoms with van der Waals surface area (Å²) < 4.78 is 5.14. The highest BCUT2D eigenvalue weighted by molar-refractivity contribution is 5.92. The molecule has 1 aromatic carbocycles. The highest BCUT2D eigenvalue weighted by atomic mass is 16.5. The van der Waals surface area contributed by atoms with Crippen molar-refractivity contribution >= 4 is 28.5 Å². The Balaban J connectivity index is 1.52. The highest BCUT2D eigenvalue weighted by Crippen LogP contribution is 2.63. The van der Waals surface area contributed by atoms with Crippen molar-refractivity contribution in [3.63, 3.8) is 0 Å². The first-order valence-corrected chi connectivity index (χ1v) is 9.72. The van der Waals surface area contributed by atoms with Gasteiger partial charge in [-0.15, -0.1) is 0 Å². The maximum absolute atomic E-state index is 12.5. The van der Waals surface area contributed by atoms with Crippen LogP contribution in [0.15, 0.2) is 30.3 Å². The van der Waals surface area contributed by atoms with Gasteiger partial charge in [0.15, 0.2) is 0 Å². The van der Waals surface area contributed by atoms with Crippen LogP contribution in [0.25, 0.3) is 10.9 Å². The molecule has 0 spiro atoms. The Labute approximate surface area is 165 Å². The Bertz CT molecular complexity index is 955. The van der Waals surface area contributed by atoms with Crippen molar-refractivity contribution in [1.29, 1.82) is 0 Å². The first-order valence-electron chi connectivity index (χ1n) is 9.72. The summed E-state index contributed by atoms with van der Waals surface area (Å²) in [6.45, 7) is 8.32.